The SMILES string of the molecule is O=C(Nc1nnc(COc2ccc(F)cc2)s1)c1ccco1. The van der Waals surface area contributed by atoms with Gasteiger partial charge in [-0.25, -0.2) is 4.39 Å². The number of amides is 1. The zero-order valence-electron chi connectivity index (χ0n) is 11.2. The van der Waals surface area contributed by atoms with Gasteiger partial charge in [0.1, 0.15) is 18.2 Å². The van der Waals surface area contributed by atoms with Crippen LogP contribution in [0, 0.1) is 5.82 Å². The van der Waals surface area contributed by atoms with E-state index in [1.54, 1.807) is 12.1 Å². The molecule has 0 radical (unpaired) electrons. The number of carbonyl (C=O) groups is 1. The Bertz CT molecular complexity index is 756. The maximum Gasteiger partial charge on any atom is 0.293 e. The summed E-state index contributed by atoms with van der Waals surface area (Å²) in [6, 6.07) is 8.84. The van der Waals surface area contributed by atoms with E-state index in [9.17, 15) is 9.18 Å². The molecule has 0 spiro atoms. The van der Waals surface area contributed by atoms with Crippen LogP contribution in [-0.4, -0.2) is 16.1 Å². The van der Waals surface area contributed by atoms with Gasteiger partial charge >= 0.3 is 0 Å². The van der Waals surface area contributed by atoms with Crippen LogP contribution in [0.4, 0.5) is 9.52 Å². The summed E-state index contributed by atoms with van der Waals surface area (Å²) in [7, 11) is 0. The van der Waals surface area contributed by atoms with E-state index in [2.05, 4.69) is 15.5 Å². The third kappa shape index (κ3) is 3.47. The third-order valence-corrected chi connectivity index (χ3v) is 3.42. The highest BCUT2D eigenvalue weighted by atomic mass is 32.1. The lowest BCUT2D eigenvalue weighted by atomic mass is 10.3. The zero-order valence-corrected chi connectivity index (χ0v) is 12.0. The molecule has 1 N–H and O–H groups in total. The van der Waals surface area contributed by atoms with Gasteiger partial charge in [0.2, 0.25) is 5.13 Å². The molecule has 0 unspecified atom stereocenters. The molecule has 8 heteroatoms. The second-order valence-electron chi connectivity index (χ2n) is 4.17. The molecule has 0 aliphatic carbocycles. The van der Waals surface area contributed by atoms with Crippen LogP contribution in [0.25, 0.3) is 0 Å². The molecule has 0 fully saturated rings. The summed E-state index contributed by atoms with van der Waals surface area (Å²) in [6.45, 7) is 0.180. The van der Waals surface area contributed by atoms with E-state index in [4.69, 9.17) is 9.15 Å². The Morgan fingerprint density at radius 2 is 2.09 bits per heavy atom. The van der Waals surface area contributed by atoms with Crippen LogP contribution in [0.1, 0.15) is 15.6 Å². The molecular formula is C14H10FN3O3S. The number of nitrogens with zero attached hydrogens (tertiary/aromatic N) is 2. The molecule has 1 amide bonds. The van der Waals surface area contributed by atoms with E-state index in [-0.39, 0.29) is 18.2 Å². The molecule has 3 rings (SSSR count). The summed E-state index contributed by atoms with van der Waals surface area (Å²) >= 11 is 1.19. The molecular weight excluding hydrogens is 309 g/mol. The topological polar surface area (TPSA) is 77.2 Å². The van der Waals surface area contributed by atoms with Crippen LogP contribution in [0.15, 0.2) is 47.1 Å². The summed E-state index contributed by atoms with van der Waals surface area (Å²) in [5.41, 5.74) is 0. The first kappa shape index (κ1) is 14.2. The van der Waals surface area contributed by atoms with Gasteiger partial charge < -0.3 is 9.15 Å². The van der Waals surface area contributed by atoms with Crippen molar-refractivity contribution in [3.63, 3.8) is 0 Å². The van der Waals surface area contributed by atoms with Crippen LogP contribution >= 0.6 is 11.3 Å². The van der Waals surface area contributed by atoms with E-state index >= 15 is 0 Å². The van der Waals surface area contributed by atoms with Crippen molar-refractivity contribution in [2.45, 2.75) is 6.61 Å². The summed E-state index contributed by atoms with van der Waals surface area (Å²) in [5.74, 6) is -0.00423. The fourth-order valence-electron chi connectivity index (χ4n) is 1.60. The second-order valence-corrected chi connectivity index (χ2v) is 5.24. The number of halogens is 1. The van der Waals surface area contributed by atoms with Gasteiger partial charge in [0.25, 0.3) is 5.91 Å². The van der Waals surface area contributed by atoms with Crippen molar-refractivity contribution in [3.8, 4) is 5.75 Å². The summed E-state index contributed by atoms with van der Waals surface area (Å²) < 4.78 is 23.2. The summed E-state index contributed by atoms with van der Waals surface area (Å²) in [5, 5.41) is 11.3. The lowest BCUT2D eigenvalue weighted by molar-refractivity contribution is 0.0996. The quantitative estimate of drug-likeness (QED) is 0.782. The van der Waals surface area contributed by atoms with Crippen LogP contribution in [0.5, 0.6) is 5.75 Å². The molecule has 2 heterocycles. The number of hydrogen-bond acceptors (Lipinski definition) is 6. The van der Waals surface area contributed by atoms with Crippen molar-refractivity contribution in [2.24, 2.45) is 0 Å². The Kier molecular flexibility index (Phi) is 4.10. The number of hydrogen-bond donors (Lipinski definition) is 1. The van der Waals surface area contributed by atoms with Crippen LogP contribution in [0.3, 0.4) is 0 Å². The minimum absolute atomic E-state index is 0.180. The van der Waals surface area contributed by atoms with Gasteiger partial charge in [-0.1, -0.05) is 11.3 Å². The first-order valence-electron chi connectivity index (χ1n) is 6.26. The Morgan fingerprint density at radius 3 is 2.82 bits per heavy atom. The largest absolute Gasteiger partial charge is 0.486 e. The predicted octanol–water partition coefficient (Wildman–Crippen LogP) is 3.10. The number of nitrogens with one attached hydrogen (secondary N) is 1. The van der Waals surface area contributed by atoms with Gasteiger partial charge in [0.15, 0.2) is 10.8 Å². The average molecular weight is 319 g/mol. The molecule has 0 aliphatic rings. The fourth-order valence-corrected chi connectivity index (χ4v) is 2.25. The standard InChI is InChI=1S/C14H10FN3O3S/c15-9-3-5-10(6-4-9)21-8-12-17-18-14(22-12)16-13(19)11-2-1-7-20-11/h1-7H,8H2,(H,16,18,19). The molecule has 22 heavy (non-hydrogen) atoms. The number of rotatable bonds is 5. The minimum Gasteiger partial charge on any atom is -0.486 e. The first-order valence-corrected chi connectivity index (χ1v) is 7.08. The second kappa shape index (κ2) is 6.35. The lowest BCUT2D eigenvalue weighted by Crippen LogP contribution is -2.10. The van der Waals surface area contributed by atoms with Crippen molar-refractivity contribution in [3.05, 3.63) is 59.2 Å². The number of carbonyl (C=O) groups excluding carboxylic acids is 1. The normalized spacial score (nSPS) is 10.4. The number of anilines is 1. The first-order chi connectivity index (χ1) is 10.7. The van der Waals surface area contributed by atoms with Crippen molar-refractivity contribution in [1.29, 1.82) is 0 Å². The fraction of sp³-hybridized carbons (Fsp3) is 0.0714. The van der Waals surface area contributed by atoms with Crippen molar-refractivity contribution >= 4 is 22.4 Å². The summed E-state index contributed by atoms with van der Waals surface area (Å²) in [6.07, 6.45) is 1.41. The van der Waals surface area contributed by atoms with Crippen LogP contribution in [0.2, 0.25) is 0 Å². The monoisotopic (exact) mass is 319 g/mol. The van der Waals surface area contributed by atoms with Gasteiger partial charge in [-0.2, -0.15) is 0 Å². The van der Waals surface area contributed by atoms with E-state index in [1.807, 2.05) is 0 Å². The van der Waals surface area contributed by atoms with E-state index in [1.165, 1.54) is 41.9 Å². The molecule has 0 aliphatic heterocycles. The average Bonchev–Trinajstić information content (AvgIpc) is 3.18. The van der Waals surface area contributed by atoms with Gasteiger partial charge in [0.05, 0.1) is 6.26 Å². The number of aromatic nitrogens is 2. The van der Waals surface area contributed by atoms with Gasteiger partial charge in [0, 0.05) is 0 Å². The van der Waals surface area contributed by atoms with Crippen LogP contribution in [-0.2, 0) is 6.61 Å². The van der Waals surface area contributed by atoms with Gasteiger partial charge in [-0.05, 0) is 36.4 Å². The third-order valence-electron chi connectivity index (χ3n) is 2.61. The molecule has 6 nitrogen and oxygen atoms in total. The summed E-state index contributed by atoms with van der Waals surface area (Å²) in [4.78, 5) is 11.8. The van der Waals surface area contributed by atoms with E-state index in [0.717, 1.165) is 0 Å². The van der Waals surface area contributed by atoms with Crippen LogP contribution < -0.4 is 10.1 Å². The number of benzene rings is 1. The van der Waals surface area contributed by atoms with Crippen molar-refractivity contribution in [2.75, 3.05) is 5.32 Å². The van der Waals surface area contributed by atoms with E-state index in [0.29, 0.717) is 15.9 Å². The maximum atomic E-state index is 12.8. The Balaban J connectivity index is 1.57. The molecule has 0 atom stereocenters. The van der Waals surface area contributed by atoms with Crippen molar-refractivity contribution < 1.29 is 18.3 Å². The molecule has 0 saturated heterocycles. The van der Waals surface area contributed by atoms with E-state index < -0.39 is 5.91 Å². The molecule has 112 valence electrons. The Labute approximate surface area is 128 Å². The van der Waals surface area contributed by atoms with Crippen molar-refractivity contribution in [1.82, 2.24) is 10.2 Å². The smallest absolute Gasteiger partial charge is 0.293 e. The molecule has 3 aromatic rings. The Morgan fingerprint density at radius 1 is 1.27 bits per heavy atom. The molecule has 0 saturated carbocycles. The highest BCUT2D eigenvalue weighted by molar-refractivity contribution is 7.15. The highest BCUT2D eigenvalue weighted by Gasteiger charge is 2.12. The molecule has 0 bridgehead atoms. The predicted molar refractivity (Wildman–Crippen MR) is 77.3 cm³/mol. The molecule has 2 aromatic heterocycles. The number of furan rings is 1. The number of ether oxygens (including phenoxy) is 1. The maximum absolute atomic E-state index is 12.8. The molecule has 1 aromatic carbocycles. The minimum atomic E-state index is -0.396. The highest BCUT2D eigenvalue weighted by Crippen LogP contribution is 2.19. The lowest BCUT2D eigenvalue weighted by Gasteiger charge is -2.02. The van der Waals surface area contributed by atoms with Gasteiger partial charge in [-0.3, -0.25) is 10.1 Å². The Hall–Kier alpha value is -2.74. The van der Waals surface area contributed by atoms with Gasteiger partial charge in [-0.15, -0.1) is 10.2 Å². The zero-order chi connectivity index (χ0) is 15.4.